The molecule has 2 heterocycles. The number of ether oxygens (including phenoxy) is 5. The summed E-state index contributed by atoms with van der Waals surface area (Å²) in [5.41, 5.74) is 0.607. The van der Waals surface area contributed by atoms with Gasteiger partial charge in [0.1, 0.15) is 5.75 Å². The van der Waals surface area contributed by atoms with E-state index in [2.05, 4.69) is 0 Å². The number of hydrogen-bond donors (Lipinski definition) is 1. The Hall–Kier alpha value is -2.02. The third-order valence-electron chi connectivity index (χ3n) is 5.00. The van der Waals surface area contributed by atoms with E-state index < -0.39 is 18.0 Å². The van der Waals surface area contributed by atoms with Crippen LogP contribution in [0.5, 0.6) is 17.2 Å². The van der Waals surface area contributed by atoms with E-state index in [0.29, 0.717) is 42.4 Å². The van der Waals surface area contributed by atoms with Crippen molar-refractivity contribution < 1.29 is 28.8 Å². The van der Waals surface area contributed by atoms with Gasteiger partial charge in [0.25, 0.3) is 0 Å². The summed E-state index contributed by atoms with van der Waals surface area (Å²) in [5.74, 6) is 0.789. The number of aliphatic hydroxyl groups excluding tert-OH is 1. The Balaban J connectivity index is 1.91. The van der Waals surface area contributed by atoms with Crippen molar-refractivity contribution in [1.29, 1.82) is 0 Å². The van der Waals surface area contributed by atoms with Crippen molar-refractivity contribution in [1.82, 2.24) is 0 Å². The molecule has 4 rings (SSSR count). The molecule has 2 aliphatic heterocycles. The van der Waals surface area contributed by atoms with Crippen LogP contribution in [-0.4, -0.2) is 44.4 Å². The van der Waals surface area contributed by atoms with Gasteiger partial charge in [-0.1, -0.05) is 24.3 Å². The molecule has 6 heteroatoms. The molecule has 0 radical (unpaired) electrons. The van der Waals surface area contributed by atoms with Crippen LogP contribution in [0.3, 0.4) is 0 Å². The van der Waals surface area contributed by atoms with Gasteiger partial charge < -0.3 is 28.8 Å². The Morgan fingerprint density at radius 3 is 2.24 bits per heavy atom. The largest absolute Gasteiger partial charge is 0.496 e. The van der Waals surface area contributed by atoms with Gasteiger partial charge in [-0.3, -0.25) is 0 Å². The second-order valence-corrected chi connectivity index (χ2v) is 6.43. The highest BCUT2D eigenvalue weighted by Gasteiger charge is 2.47. The van der Waals surface area contributed by atoms with Crippen LogP contribution in [0.1, 0.15) is 25.0 Å². The zero-order valence-electron chi connectivity index (χ0n) is 14.6. The van der Waals surface area contributed by atoms with Crippen molar-refractivity contribution in [2.75, 3.05) is 27.4 Å². The summed E-state index contributed by atoms with van der Waals surface area (Å²) in [4.78, 5) is 0. The molecule has 1 saturated heterocycles. The molecule has 0 aliphatic carbocycles. The lowest BCUT2D eigenvalue weighted by Gasteiger charge is -2.38. The van der Waals surface area contributed by atoms with Gasteiger partial charge in [0.2, 0.25) is 5.79 Å². The van der Waals surface area contributed by atoms with E-state index in [0.717, 1.165) is 10.8 Å². The molecule has 2 atom stereocenters. The fourth-order valence-electron chi connectivity index (χ4n) is 3.76. The molecule has 2 aliphatic rings. The SMILES string of the molecule is COc1c2c(c(OC)c3ccccc13)[C@@H](O)C[C@H](C1(C)OCCO1)O2. The van der Waals surface area contributed by atoms with Crippen molar-refractivity contribution >= 4 is 10.8 Å². The summed E-state index contributed by atoms with van der Waals surface area (Å²) in [6, 6.07) is 7.75. The van der Waals surface area contributed by atoms with Crippen molar-refractivity contribution in [3.05, 3.63) is 29.8 Å². The predicted molar refractivity (Wildman–Crippen MR) is 91.4 cm³/mol. The maximum atomic E-state index is 10.9. The standard InChI is InChI=1S/C19H22O6/c1-19(23-8-9-24-19)14-10-13(20)15-16(21-2)11-6-4-5-7-12(11)17(22-3)18(15)25-14/h4-7,13-14,20H,8-10H2,1-3H3/t13-,14+/m0/s1. The number of aliphatic hydroxyl groups is 1. The van der Waals surface area contributed by atoms with E-state index >= 15 is 0 Å². The molecule has 0 unspecified atom stereocenters. The Kier molecular flexibility index (Phi) is 3.98. The molecule has 2 aromatic carbocycles. The third-order valence-corrected chi connectivity index (χ3v) is 5.00. The van der Waals surface area contributed by atoms with Gasteiger partial charge in [0.15, 0.2) is 17.6 Å². The molecule has 1 N–H and O–H groups in total. The minimum Gasteiger partial charge on any atom is -0.496 e. The summed E-state index contributed by atoms with van der Waals surface area (Å²) in [7, 11) is 3.19. The fourth-order valence-corrected chi connectivity index (χ4v) is 3.76. The lowest BCUT2D eigenvalue weighted by molar-refractivity contribution is -0.210. The van der Waals surface area contributed by atoms with Crippen molar-refractivity contribution in [3.8, 4) is 17.2 Å². The summed E-state index contributed by atoms with van der Waals surface area (Å²) >= 11 is 0. The van der Waals surface area contributed by atoms with Gasteiger partial charge in [0.05, 0.1) is 39.1 Å². The zero-order chi connectivity index (χ0) is 17.6. The second-order valence-electron chi connectivity index (χ2n) is 6.43. The summed E-state index contributed by atoms with van der Waals surface area (Å²) < 4.78 is 29.0. The first-order chi connectivity index (χ1) is 12.1. The lowest BCUT2D eigenvalue weighted by atomic mass is 9.91. The van der Waals surface area contributed by atoms with E-state index in [-0.39, 0.29) is 0 Å². The molecule has 25 heavy (non-hydrogen) atoms. The highest BCUT2D eigenvalue weighted by Crippen LogP contribution is 2.53. The third kappa shape index (κ3) is 2.44. The zero-order valence-corrected chi connectivity index (χ0v) is 14.6. The molecular formula is C19H22O6. The summed E-state index contributed by atoms with van der Waals surface area (Å²) in [6.45, 7) is 2.86. The Morgan fingerprint density at radius 2 is 1.64 bits per heavy atom. The first-order valence-electron chi connectivity index (χ1n) is 8.38. The molecule has 6 nitrogen and oxygen atoms in total. The van der Waals surface area contributed by atoms with E-state index in [4.69, 9.17) is 23.7 Å². The minimum atomic E-state index is -0.886. The number of rotatable bonds is 3. The van der Waals surface area contributed by atoms with Crippen molar-refractivity contribution in [2.45, 2.75) is 31.3 Å². The van der Waals surface area contributed by atoms with Crippen LogP contribution in [0, 0.1) is 0 Å². The normalized spacial score (nSPS) is 24.6. The summed E-state index contributed by atoms with van der Waals surface area (Å²) in [5, 5.41) is 12.6. The van der Waals surface area contributed by atoms with Gasteiger partial charge >= 0.3 is 0 Å². The Morgan fingerprint density at radius 1 is 1.04 bits per heavy atom. The molecule has 0 bridgehead atoms. The highest BCUT2D eigenvalue weighted by molar-refractivity contribution is 5.97. The van der Waals surface area contributed by atoms with E-state index in [1.54, 1.807) is 14.2 Å². The van der Waals surface area contributed by atoms with Gasteiger partial charge in [-0.05, 0) is 6.92 Å². The van der Waals surface area contributed by atoms with Crippen LogP contribution in [-0.2, 0) is 9.47 Å². The van der Waals surface area contributed by atoms with Crippen LogP contribution in [0.15, 0.2) is 24.3 Å². The van der Waals surface area contributed by atoms with Crippen LogP contribution < -0.4 is 14.2 Å². The Bertz CT molecular complexity index is 796. The maximum absolute atomic E-state index is 10.9. The molecule has 0 amide bonds. The van der Waals surface area contributed by atoms with E-state index in [1.807, 2.05) is 31.2 Å². The fraction of sp³-hybridized carbons (Fsp3) is 0.474. The number of fused-ring (bicyclic) bond motifs is 2. The maximum Gasteiger partial charge on any atom is 0.203 e. The first kappa shape index (κ1) is 16.4. The minimum absolute atomic E-state index is 0.349. The molecule has 0 aromatic heterocycles. The van der Waals surface area contributed by atoms with Crippen LogP contribution in [0.4, 0.5) is 0 Å². The number of hydrogen-bond acceptors (Lipinski definition) is 6. The lowest BCUT2D eigenvalue weighted by Crippen LogP contribution is -2.47. The molecule has 0 saturated carbocycles. The number of methoxy groups -OCH3 is 2. The van der Waals surface area contributed by atoms with Gasteiger partial charge in [-0.2, -0.15) is 0 Å². The van der Waals surface area contributed by atoms with E-state index in [1.165, 1.54) is 0 Å². The van der Waals surface area contributed by atoms with E-state index in [9.17, 15) is 5.11 Å². The number of benzene rings is 2. The molecule has 0 spiro atoms. The van der Waals surface area contributed by atoms with Crippen LogP contribution in [0.25, 0.3) is 10.8 Å². The molecular weight excluding hydrogens is 324 g/mol. The topological polar surface area (TPSA) is 66.4 Å². The first-order valence-corrected chi connectivity index (χ1v) is 8.38. The van der Waals surface area contributed by atoms with Gasteiger partial charge in [0, 0.05) is 17.2 Å². The van der Waals surface area contributed by atoms with Gasteiger partial charge in [-0.15, -0.1) is 0 Å². The molecule has 134 valence electrons. The van der Waals surface area contributed by atoms with Crippen molar-refractivity contribution in [3.63, 3.8) is 0 Å². The van der Waals surface area contributed by atoms with Crippen molar-refractivity contribution in [2.24, 2.45) is 0 Å². The quantitative estimate of drug-likeness (QED) is 0.922. The van der Waals surface area contributed by atoms with Crippen LogP contribution >= 0.6 is 0 Å². The predicted octanol–water partition coefficient (Wildman–Crippen LogP) is 2.80. The second kappa shape index (κ2) is 6.05. The summed E-state index contributed by atoms with van der Waals surface area (Å²) in [6.07, 6.45) is -0.870. The van der Waals surface area contributed by atoms with Gasteiger partial charge in [-0.25, -0.2) is 0 Å². The molecule has 2 aromatic rings. The molecule has 1 fully saturated rings. The van der Waals surface area contributed by atoms with Crippen LogP contribution in [0.2, 0.25) is 0 Å². The monoisotopic (exact) mass is 346 g/mol. The Labute approximate surface area is 146 Å². The average Bonchev–Trinajstić information content (AvgIpc) is 3.07. The average molecular weight is 346 g/mol. The highest BCUT2D eigenvalue weighted by atomic mass is 16.8. The smallest absolute Gasteiger partial charge is 0.203 e.